The van der Waals surface area contributed by atoms with Gasteiger partial charge in [-0.1, -0.05) is 38.1 Å². The van der Waals surface area contributed by atoms with Crippen molar-refractivity contribution >= 4 is 12.4 Å². The Bertz CT molecular complexity index is 271. The zero-order valence-corrected chi connectivity index (χ0v) is 10.1. The van der Waals surface area contributed by atoms with Gasteiger partial charge in [-0.15, -0.1) is 12.4 Å². The highest BCUT2D eigenvalue weighted by molar-refractivity contribution is 5.85. The van der Waals surface area contributed by atoms with Gasteiger partial charge in [-0.3, -0.25) is 0 Å². The SMILES string of the molecule is CC(C)c1ccc(CC(N)CO)cc1.Cl. The quantitative estimate of drug-likeness (QED) is 0.831. The Balaban J connectivity index is 0.00000196. The fraction of sp³-hybridized carbons (Fsp3) is 0.500. The van der Waals surface area contributed by atoms with Gasteiger partial charge in [-0.05, 0) is 23.5 Å². The number of aliphatic hydroxyl groups excluding tert-OH is 1. The van der Waals surface area contributed by atoms with Crippen LogP contribution in [0.25, 0.3) is 0 Å². The zero-order valence-electron chi connectivity index (χ0n) is 9.31. The maximum Gasteiger partial charge on any atom is 0.0585 e. The molecule has 1 rings (SSSR count). The third-order valence-electron chi connectivity index (χ3n) is 2.38. The molecule has 86 valence electrons. The average molecular weight is 230 g/mol. The summed E-state index contributed by atoms with van der Waals surface area (Å²) >= 11 is 0. The standard InChI is InChI=1S/C12H19NO.ClH/c1-9(2)11-5-3-10(4-6-11)7-12(13)8-14;/h3-6,9,12,14H,7-8,13H2,1-2H3;1H. The fourth-order valence-corrected chi connectivity index (χ4v) is 1.41. The van der Waals surface area contributed by atoms with Crippen LogP contribution in [0.1, 0.15) is 30.9 Å². The van der Waals surface area contributed by atoms with Crippen LogP contribution in [-0.4, -0.2) is 17.8 Å². The lowest BCUT2D eigenvalue weighted by atomic mass is 9.99. The van der Waals surface area contributed by atoms with Crippen molar-refractivity contribution in [3.63, 3.8) is 0 Å². The van der Waals surface area contributed by atoms with Gasteiger partial charge in [0.25, 0.3) is 0 Å². The van der Waals surface area contributed by atoms with E-state index in [9.17, 15) is 0 Å². The van der Waals surface area contributed by atoms with Crippen LogP contribution < -0.4 is 5.73 Å². The van der Waals surface area contributed by atoms with Crippen LogP contribution in [0.4, 0.5) is 0 Å². The first kappa shape index (κ1) is 14.4. The molecule has 1 atom stereocenters. The minimum Gasteiger partial charge on any atom is -0.395 e. The number of halogens is 1. The molecule has 0 aliphatic carbocycles. The predicted molar refractivity (Wildman–Crippen MR) is 66.5 cm³/mol. The average Bonchev–Trinajstić information content (AvgIpc) is 2.18. The van der Waals surface area contributed by atoms with Gasteiger partial charge in [0.1, 0.15) is 0 Å². The highest BCUT2D eigenvalue weighted by Crippen LogP contribution is 2.15. The van der Waals surface area contributed by atoms with Crippen molar-refractivity contribution in [1.29, 1.82) is 0 Å². The molecule has 0 amide bonds. The Labute approximate surface area is 97.9 Å². The molecular weight excluding hydrogens is 210 g/mol. The van der Waals surface area contributed by atoms with E-state index < -0.39 is 0 Å². The highest BCUT2D eigenvalue weighted by Gasteiger charge is 2.03. The largest absolute Gasteiger partial charge is 0.395 e. The van der Waals surface area contributed by atoms with E-state index >= 15 is 0 Å². The molecule has 0 radical (unpaired) electrons. The molecule has 1 aromatic carbocycles. The molecule has 0 aliphatic heterocycles. The van der Waals surface area contributed by atoms with Gasteiger partial charge in [-0.25, -0.2) is 0 Å². The molecule has 0 aromatic heterocycles. The summed E-state index contributed by atoms with van der Waals surface area (Å²) in [5.41, 5.74) is 8.18. The Morgan fingerprint density at radius 1 is 1.20 bits per heavy atom. The minimum absolute atomic E-state index is 0. The van der Waals surface area contributed by atoms with Gasteiger partial charge in [0.15, 0.2) is 0 Å². The van der Waals surface area contributed by atoms with Crippen LogP contribution >= 0.6 is 12.4 Å². The number of nitrogens with two attached hydrogens (primary N) is 1. The van der Waals surface area contributed by atoms with E-state index in [0.717, 1.165) is 6.42 Å². The maximum atomic E-state index is 8.81. The number of rotatable bonds is 4. The molecule has 2 nitrogen and oxygen atoms in total. The number of hydrogen-bond donors (Lipinski definition) is 2. The lowest BCUT2D eigenvalue weighted by Crippen LogP contribution is -2.26. The van der Waals surface area contributed by atoms with Gasteiger partial charge in [0.2, 0.25) is 0 Å². The van der Waals surface area contributed by atoms with Gasteiger partial charge >= 0.3 is 0 Å². The second-order valence-corrected chi connectivity index (χ2v) is 4.04. The second kappa shape index (κ2) is 6.83. The van der Waals surface area contributed by atoms with Crippen molar-refractivity contribution in [2.24, 2.45) is 5.73 Å². The first-order valence-electron chi connectivity index (χ1n) is 5.08. The Kier molecular flexibility index (Phi) is 6.57. The van der Waals surface area contributed by atoms with E-state index in [1.165, 1.54) is 11.1 Å². The Morgan fingerprint density at radius 2 is 1.73 bits per heavy atom. The summed E-state index contributed by atoms with van der Waals surface area (Å²) in [6.07, 6.45) is 0.745. The van der Waals surface area contributed by atoms with Crippen LogP contribution in [0, 0.1) is 0 Å². The summed E-state index contributed by atoms with van der Waals surface area (Å²) in [5, 5.41) is 8.81. The molecule has 0 fully saturated rings. The number of hydrogen-bond acceptors (Lipinski definition) is 2. The van der Waals surface area contributed by atoms with Gasteiger partial charge in [0.05, 0.1) is 6.61 Å². The van der Waals surface area contributed by atoms with Gasteiger partial charge in [-0.2, -0.15) is 0 Å². The molecule has 0 bridgehead atoms. The molecule has 15 heavy (non-hydrogen) atoms. The lowest BCUT2D eigenvalue weighted by molar-refractivity contribution is 0.265. The molecular formula is C12H20ClNO. The van der Waals surface area contributed by atoms with Crippen molar-refractivity contribution in [2.75, 3.05) is 6.61 Å². The molecule has 3 heteroatoms. The smallest absolute Gasteiger partial charge is 0.0585 e. The molecule has 0 spiro atoms. The first-order chi connectivity index (χ1) is 6.63. The lowest BCUT2D eigenvalue weighted by Gasteiger charge is -2.09. The Morgan fingerprint density at radius 3 is 2.13 bits per heavy atom. The summed E-state index contributed by atoms with van der Waals surface area (Å²) in [5.74, 6) is 0.565. The zero-order chi connectivity index (χ0) is 10.6. The van der Waals surface area contributed by atoms with E-state index in [0.29, 0.717) is 5.92 Å². The van der Waals surface area contributed by atoms with Gasteiger partial charge < -0.3 is 10.8 Å². The van der Waals surface area contributed by atoms with Crippen LogP contribution in [0.15, 0.2) is 24.3 Å². The molecule has 0 saturated carbocycles. The highest BCUT2D eigenvalue weighted by atomic mass is 35.5. The van der Waals surface area contributed by atoms with Gasteiger partial charge in [0, 0.05) is 6.04 Å². The van der Waals surface area contributed by atoms with Crippen molar-refractivity contribution in [3.8, 4) is 0 Å². The third kappa shape index (κ3) is 4.65. The molecule has 0 saturated heterocycles. The predicted octanol–water partition coefficient (Wildman–Crippen LogP) is 2.09. The topological polar surface area (TPSA) is 46.2 Å². The van der Waals surface area contributed by atoms with Crippen LogP contribution in [0.3, 0.4) is 0 Å². The van der Waals surface area contributed by atoms with Crippen molar-refractivity contribution in [1.82, 2.24) is 0 Å². The monoisotopic (exact) mass is 229 g/mol. The first-order valence-corrected chi connectivity index (χ1v) is 5.08. The summed E-state index contributed by atoms with van der Waals surface area (Å²) in [6, 6.07) is 8.30. The second-order valence-electron chi connectivity index (χ2n) is 4.04. The molecule has 1 aromatic rings. The molecule has 3 N–H and O–H groups in total. The number of benzene rings is 1. The normalized spacial score (nSPS) is 12.3. The summed E-state index contributed by atoms with van der Waals surface area (Å²) < 4.78 is 0. The van der Waals surface area contributed by atoms with E-state index in [1.807, 2.05) is 0 Å². The fourth-order valence-electron chi connectivity index (χ4n) is 1.41. The van der Waals surface area contributed by atoms with E-state index in [2.05, 4.69) is 38.1 Å². The van der Waals surface area contributed by atoms with Crippen molar-refractivity contribution in [3.05, 3.63) is 35.4 Å². The minimum atomic E-state index is -0.139. The molecule has 0 heterocycles. The van der Waals surface area contributed by atoms with E-state index in [1.54, 1.807) is 0 Å². The van der Waals surface area contributed by atoms with Crippen LogP contribution in [0.2, 0.25) is 0 Å². The van der Waals surface area contributed by atoms with Crippen LogP contribution in [-0.2, 0) is 6.42 Å². The van der Waals surface area contributed by atoms with Crippen molar-refractivity contribution in [2.45, 2.75) is 32.2 Å². The molecule has 1 unspecified atom stereocenters. The van der Waals surface area contributed by atoms with E-state index in [-0.39, 0.29) is 25.1 Å². The molecule has 0 aliphatic rings. The third-order valence-corrected chi connectivity index (χ3v) is 2.38. The summed E-state index contributed by atoms with van der Waals surface area (Å²) in [6.45, 7) is 4.40. The summed E-state index contributed by atoms with van der Waals surface area (Å²) in [7, 11) is 0. The van der Waals surface area contributed by atoms with Crippen molar-refractivity contribution < 1.29 is 5.11 Å². The van der Waals surface area contributed by atoms with Crippen LogP contribution in [0.5, 0.6) is 0 Å². The summed E-state index contributed by atoms with van der Waals surface area (Å²) in [4.78, 5) is 0. The van der Waals surface area contributed by atoms with E-state index in [4.69, 9.17) is 10.8 Å². The Hall–Kier alpha value is -0.570. The maximum absolute atomic E-state index is 8.81. The number of aliphatic hydroxyl groups is 1.